The molecule has 1 aromatic heterocycles. The average Bonchev–Trinajstić information content (AvgIpc) is 2.53. The number of nitrogens with zero attached hydrogens (tertiary/aromatic N) is 4. The Labute approximate surface area is 154 Å². The van der Waals surface area contributed by atoms with Gasteiger partial charge in [-0.05, 0) is 30.2 Å². The predicted octanol–water partition coefficient (Wildman–Crippen LogP) is 2.65. The van der Waals surface area contributed by atoms with E-state index in [0.29, 0.717) is 18.5 Å². The maximum atomic E-state index is 5.93. The van der Waals surface area contributed by atoms with E-state index in [-0.39, 0.29) is 24.0 Å². The third kappa shape index (κ3) is 6.01. The quantitative estimate of drug-likeness (QED) is 0.437. The number of hydrogen-bond acceptors (Lipinski definition) is 4. The van der Waals surface area contributed by atoms with Gasteiger partial charge in [-0.25, -0.2) is 15.0 Å². The van der Waals surface area contributed by atoms with Gasteiger partial charge < -0.3 is 16.0 Å². The van der Waals surface area contributed by atoms with Crippen LogP contribution in [0, 0.1) is 0 Å². The van der Waals surface area contributed by atoms with Crippen molar-refractivity contribution in [1.82, 2.24) is 9.97 Å². The molecule has 0 aliphatic rings. The molecule has 2 aromatic rings. The average molecular weight is 426 g/mol. The Morgan fingerprint density at radius 2 is 2.09 bits per heavy atom. The first-order valence-electron chi connectivity index (χ1n) is 7.23. The van der Waals surface area contributed by atoms with E-state index in [1.165, 1.54) is 5.56 Å². The first kappa shape index (κ1) is 19.1. The highest BCUT2D eigenvalue weighted by Gasteiger charge is 2.01. The largest absolute Gasteiger partial charge is 0.370 e. The second-order valence-corrected chi connectivity index (χ2v) is 5.12. The molecule has 0 saturated carbocycles. The summed E-state index contributed by atoms with van der Waals surface area (Å²) in [5, 5.41) is 3.10. The SMILES string of the molecule is CCc1cccc(NC(N)=NCc2ccnc(N(C)C)n2)c1.I. The fourth-order valence-electron chi connectivity index (χ4n) is 1.91. The predicted molar refractivity (Wildman–Crippen MR) is 107 cm³/mol. The van der Waals surface area contributed by atoms with E-state index in [1.54, 1.807) is 6.20 Å². The number of benzene rings is 1. The van der Waals surface area contributed by atoms with E-state index in [1.807, 2.05) is 37.2 Å². The molecule has 1 aromatic carbocycles. The molecule has 6 nitrogen and oxygen atoms in total. The van der Waals surface area contributed by atoms with Gasteiger partial charge in [0.05, 0.1) is 12.2 Å². The zero-order chi connectivity index (χ0) is 15.9. The molecule has 0 aliphatic heterocycles. The van der Waals surface area contributed by atoms with E-state index >= 15 is 0 Å². The van der Waals surface area contributed by atoms with Crippen molar-refractivity contribution in [3.63, 3.8) is 0 Å². The van der Waals surface area contributed by atoms with Crippen LogP contribution in [0.1, 0.15) is 18.2 Å². The molecule has 0 radical (unpaired) electrons. The van der Waals surface area contributed by atoms with Gasteiger partial charge >= 0.3 is 0 Å². The number of nitrogens with two attached hydrogens (primary N) is 1. The van der Waals surface area contributed by atoms with Crippen molar-refractivity contribution in [3.8, 4) is 0 Å². The van der Waals surface area contributed by atoms with E-state index in [0.717, 1.165) is 17.8 Å². The minimum absolute atomic E-state index is 0. The van der Waals surface area contributed by atoms with Gasteiger partial charge in [-0.2, -0.15) is 0 Å². The lowest BCUT2D eigenvalue weighted by molar-refractivity contribution is 0.921. The summed E-state index contributed by atoms with van der Waals surface area (Å²) in [6.07, 6.45) is 2.71. The summed E-state index contributed by atoms with van der Waals surface area (Å²) in [5.41, 5.74) is 8.95. The number of anilines is 2. The van der Waals surface area contributed by atoms with E-state index in [2.05, 4.69) is 39.3 Å². The molecule has 0 fully saturated rings. The lowest BCUT2D eigenvalue weighted by atomic mass is 10.1. The Kier molecular flexibility index (Phi) is 7.73. The second-order valence-electron chi connectivity index (χ2n) is 5.12. The van der Waals surface area contributed by atoms with Gasteiger partial charge in [-0.15, -0.1) is 24.0 Å². The van der Waals surface area contributed by atoms with Crippen LogP contribution in [0.2, 0.25) is 0 Å². The van der Waals surface area contributed by atoms with Crippen molar-refractivity contribution < 1.29 is 0 Å². The molecule has 0 unspecified atom stereocenters. The fourth-order valence-corrected chi connectivity index (χ4v) is 1.91. The molecule has 0 atom stereocenters. The number of aromatic nitrogens is 2. The van der Waals surface area contributed by atoms with Crippen LogP contribution in [-0.2, 0) is 13.0 Å². The second kappa shape index (κ2) is 9.29. The number of aryl methyl sites for hydroxylation is 1. The van der Waals surface area contributed by atoms with Gasteiger partial charge in [0.25, 0.3) is 0 Å². The van der Waals surface area contributed by atoms with Gasteiger partial charge in [0.15, 0.2) is 5.96 Å². The summed E-state index contributed by atoms with van der Waals surface area (Å²) < 4.78 is 0. The van der Waals surface area contributed by atoms with Gasteiger partial charge in [0, 0.05) is 26.0 Å². The normalized spacial score (nSPS) is 10.8. The van der Waals surface area contributed by atoms with Crippen LogP contribution in [0.3, 0.4) is 0 Å². The number of aliphatic imine (C=N–C) groups is 1. The summed E-state index contributed by atoms with van der Waals surface area (Å²) in [4.78, 5) is 14.7. The monoisotopic (exact) mass is 426 g/mol. The molecule has 0 saturated heterocycles. The van der Waals surface area contributed by atoms with Crippen molar-refractivity contribution in [1.29, 1.82) is 0 Å². The van der Waals surface area contributed by atoms with Crippen molar-refractivity contribution >= 4 is 41.6 Å². The third-order valence-corrected chi connectivity index (χ3v) is 3.12. The van der Waals surface area contributed by atoms with Crippen molar-refractivity contribution in [2.24, 2.45) is 10.7 Å². The third-order valence-electron chi connectivity index (χ3n) is 3.12. The maximum absolute atomic E-state index is 5.93. The Morgan fingerprint density at radius 3 is 2.78 bits per heavy atom. The Hall–Kier alpha value is -1.90. The number of guanidine groups is 1. The molecule has 0 bridgehead atoms. The van der Waals surface area contributed by atoms with Crippen LogP contribution >= 0.6 is 24.0 Å². The first-order chi connectivity index (χ1) is 10.6. The van der Waals surface area contributed by atoms with Crippen LogP contribution in [-0.4, -0.2) is 30.0 Å². The van der Waals surface area contributed by atoms with Gasteiger partial charge in [-0.1, -0.05) is 19.1 Å². The maximum Gasteiger partial charge on any atom is 0.225 e. The summed E-state index contributed by atoms with van der Waals surface area (Å²) in [7, 11) is 3.80. The van der Waals surface area contributed by atoms with Gasteiger partial charge in [-0.3, -0.25) is 0 Å². The number of rotatable bonds is 5. The lowest BCUT2D eigenvalue weighted by Crippen LogP contribution is -2.22. The molecule has 1 heterocycles. The molecule has 124 valence electrons. The zero-order valence-electron chi connectivity index (χ0n) is 13.7. The highest BCUT2D eigenvalue weighted by molar-refractivity contribution is 14.0. The molecule has 0 aliphatic carbocycles. The minimum atomic E-state index is 0. The van der Waals surface area contributed by atoms with Crippen molar-refractivity contribution in [2.75, 3.05) is 24.3 Å². The summed E-state index contributed by atoms with van der Waals surface area (Å²) in [6.45, 7) is 2.53. The first-order valence-corrected chi connectivity index (χ1v) is 7.23. The van der Waals surface area contributed by atoms with Crippen LogP contribution in [0.5, 0.6) is 0 Å². The molecule has 3 N–H and O–H groups in total. The molecule has 23 heavy (non-hydrogen) atoms. The number of hydrogen-bond donors (Lipinski definition) is 2. The highest BCUT2D eigenvalue weighted by atomic mass is 127. The number of halogens is 1. The minimum Gasteiger partial charge on any atom is -0.370 e. The van der Waals surface area contributed by atoms with Gasteiger partial charge in [0.1, 0.15) is 0 Å². The van der Waals surface area contributed by atoms with Crippen molar-refractivity contribution in [3.05, 3.63) is 47.8 Å². The standard InChI is InChI=1S/C16H22N6.HI/c1-4-12-6-5-7-13(10-12)20-15(17)19-11-14-8-9-18-16(21-14)22(2)3;/h5-10H,4,11H2,1-3H3,(H3,17,19,20);1H. The molecular weight excluding hydrogens is 403 g/mol. The van der Waals surface area contributed by atoms with E-state index in [9.17, 15) is 0 Å². The number of nitrogens with one attached hydrogen (secondary N) is 1. The lowest BCUT2D eigenvalue weighted by Gasteiger charge is -2.10. The van der Waals surface area contributed by atoms with Crippen LogP contribution in [0.25, 0.3) is 0 Å². The summed E-state index contributed by atoms with van der Waals surface area (Å²) in [6, 6.07) is 9.96. The fraction of sp³-hybridized carbons (Fsp3) is 0.312. The Bertz CT molecular complexity index is 657. The van der Waals surface area contributed by atoms with Crippen molar-refractivity contribution in [2.45, 2.75) is 19.9 Å². The Morgan fingerprint density at radius 1 is 1.30 bits per heavy atom. The van der Waals surface area contributed by atoms with Crippen LogP contribution < -0.4 is 16.0 Å². The summed E-state index contributed by atoms with van der Waals surface area (Å²) >= 11 is 0. The summed E-state index contributed by atoms with van der Waals surface area (Å²) in [5.74, 6) is 1.04. The highest BCUT2D eigenvalue weighted by Crippen LogP contribution is 2.11. The Balaban J connectivity index is 0.00000264. The zero-order valence-corrected chi connectivity index (χ0v) is 16.0. The molecule has 0 amide bonds. The molecule has 2 rings (SSSR count). The smallest absolute Gasteiger partial charge is 0.225 e. The van der Waals surface area contributed by atoms with E-state index < -0.39 is 0 Å². The van der Waals surface area contributed by atoms with Gasteiger partial charge in [0.2, 0.25) is 5.95 Å². The molecule has 0 spiro atoms. The van der Waals surface area contributed by atoms with Crippen LogP contribution in [0.15, 0.2) is 41.5 Å². The molecular formula is C16H23IN6. The van der Waals surface area contributed by atoms with Crippen LogP contribution in [0.4, 0.5) is 11.6 Å². The van der Waals surface area contributed by atoms with E-state index in [4.69, 9.17) is 5.73 Å². The topological polar surface area (TPSA) is 79.4 Å². The molecule has 7 heteroatoms.